The average molecular weight is 235 g/mol. The molecule has 4 heteroatoms. The maximum atomic E-state index is 14.0. The van der Waals surface area contributed by atoms with Crippen LogP contribution in [0.3, 0.4) is 0 Å². The molecular weight excluding hydrogens is 221 g/mol. The number of methoxy groups -OCH3 is 1. The van der Waals surface area contributed by atoms with Crippen molar-refractivity contribution >= 4 is 6.08 Å². The molecule has 0 amide bonds. The minimum Gasteiger partial charge on any atom is -0.496 e. The molecule has 1 fully saturated rings. The van der Waals surface area contributed by atoms with Gasteiger partial charge in [0.05, 0.1) is 7.11 Å². The van der Waals surface area contributed by atoms with Crippen molar-refractivity contribution < 1.29 is 13.9 Å². The quantitative estimate of drug-likeness (QED) is 0.597. The van der Waals surface area contributed by atoms with E-state index < -0.39 is 5.54 Å². The van der Waals surface area contributed by atoms with Crippen LogP contribution in [0.15, 0.2) is 17.1 Å². The third kappa shape index (κ3) is 1.85. The van der Waals surface area contributed by atoms with Crippen molar-refractivity contribution in [2.75, 3.05) is 7.11 Å². The van der Waals surface area contributed by atoms with Crippen LogP contribution in [0.2, 0.25) is 0 Å². The molecule has 1 aliphatic rings. The van der Waals surface area contributed by atoms with Crippen molar-refractivity contribution in [2.45, 2.75) is 31.7 Å². The molecule has 17 heavy (non-hydrogen) atoms. The number of benzene rings is 1. The van der Waals surface area contributed by atoms with Crippen molar-refractivity contribution in [2.24, 2.45) is 4.99 Å². The number of aryl methyl sites for hydroxylation is 1. The van der Waals surface area contributed by atoms with Gasteiger partial charge in [-0.1, -0.05) is 0 Å². The van der Waals surface area contributed by atoms with Crippen molar-refractivity contribution in [3.63, 3.8) is 0 Å². The summed E-state index contributed by atoms with van der Waals surface area (Å²) in [6, 6.07) is 3.07. The highest BCUT2D eigenvalue weighted by Crippen LogP contribution is 2.46. The second kappa shape index (κ2) is 4.30. The maximum Gasteiger partial charge on any atom is 0.235 e. The number of aliphatic imine (C=N–C) groups is 1. The fourth-order valence-electron chi connectivity index (χ4n) is 2.27. The molecule has 3 nitrogen and oxygen atoms in total. The van der Waals surface area contributed by atoms with Crippen molar-refractivity contribution in [3.05, 3.63) is 29.1 Å². The van der Waals surface area contributed by atoms with Crippen LogP contribution in [0.1, 0.15) is 30.4 Å². The molecule has 1 aromatic carbocycles. The molecule has 1 saturated carbocycles. The van der Waals surface area contributed by atoms with E-state index in [1.54, 1.807) is 26.2 Å². The fraction of sp³-hybridized carbons (Fsp3) is 0.462. The van der Waals surface area contributed by atoms with Gasteiger partial charge in [0.2, 0.25) is 6.08 Å². The second-order valence-electron chi connectivity index (χ2n) is 4.39. The van der Waals surface area contributed by atoms with Gasteiger partial charge in [0.15, 0.2) is 0 Å². The van der Waals surface area contributed by atoms with Gasteiger partial charge in [0.1, 0.15) is 17.1 Å². The Kier molecular flexibility index (Phi) is 2.99. The second-order valence-corrected chi connectivity index (χ2v) is 4.39. The Morgan fingerprint density at radius 3 is 2.65 bits per heavy atom. The zero-order valence-electron chi connectivity index (χ0n) is 9.92. The normalized spacial score (nSPS) is 16.9. The number of ether oxygens (including phenoxy) is 1. The van der Waals surface area contributed by atoms with Crippen LogP contribution < -0.4 is 4.74 Å². The van der Waals surface area contributed by atoms with Crippen LogP contribution in [-0.2, 0) is 10.3 Å². The molecule has 0 aromatic heterocycles. The van der Waals surface area contributed by atoms with E-state index in [4.69, 9.17) is 4.74 Å². The summed E-state index contributed by atoms with van der Waals surface area (Å²) in [6.07, 6.45) is 3.87. The highest BCUT2D eigenvalue weighted by molar-refractivity contribution is 5.45. The summed E-state index contributed by atoms with van der Waals surface area (Å²) in [5.41, 5.74) is 0.458. The van der Waals surface area contributed by atoms with Crippen LogP contribution in [0, 0.1) is 12.7 Å². The van der Waals surface area contributed by atoms with Crippen LogP contribution in [0.5, 0.6) is 5.75 Å². The van der Waals surface area contributed by atoms with Gasteiger partial charge in [-0.3, -0.25) is 0 Å². The number of hydrogen-bond donors (Lipinski definition) is 0. The van der Waals surface area contributed by atoms with E-state index in [9.17, 15) is 9.18 Å². The third-order valence-electron chi connectivity index (χ3n) is 3.43. The summed E-state index contributed by atoms with van der Waals surface area (Å²) in [7, 11) is 1.54. The number of halogens is 1. The van der Waals surface area contributed by atoms with Crippen molar-refractivity contribution in [1.82, 2.24) is 0 Å². The lowest BCUT2D eigenvalue weighted by Crippen LogP contribution is -2.33. The van der Waals surface area contributed by atoms with E-state index in [2.05, 4.69) is 4.99 Å². The molecule has 90 valence electrons. The Hall–Kier alpha value is -1.67. The molecule has 0 spiro atoms. The molecule has 2 rings (SSSR count). The zero-order valence-corrected chi connectivity index (χ0v) is 9.92. The molecule has 0 atom stereocenters. The maximum absolute atomic E-state index is 14.0. The van der Waals surface area contributed by atoms with Gasteiger partial charge in [-0.2, -0.15) is 4.99 Å². The molecule has 0 saturated heterocycles. The molecule has 1 aromatic rings. The van der Waals surface area contributed by atoms with E-state index >= 15 is 0 Å². The number of isocyanates is 1. The molecule has 0 heterocycles. The number of nitrogens with zero attached hydrogens (tertiary/aromatic N) is 1. The Morgan fingerprint density at radius 1 is 1.47 bits per heavy atom. The molecular formula is C13H14FNO2. The number of rotatable bonds is 3. The Morgan fingerprint density at radius 2 is 2.18 bits per heavy atom. The summed E-state index contributed by atoms with van der Waals surface area (Å²) in [5.74, 6) is 0.288. The molecule has 0 radical (unpaired) electrons. The SMILES string of the molecule is COc1cc(C2(N=C=O)CCC2)c(F)cc1C. The highest BCUT2D eigenvalue weighted by Gasteiger charge is 2.41. The summed E-state index contributed by atoms with van der Waals surface area (Å²) < 4.78 is 19.1. The first kappa shape index (κ1) is 11.8. The van der Waals surface area contributed by atoms with E-state index in [1.165, 1.54) is 6.07 Å². The topological polar surface area (TPSA) is 38.7 Å². The van der Waals surface area contributed by atoms with Gasteiger partial charge >= 0.3 is 0 Å². The van der Waals surface area contributed by atoms with Crippen LogP contribution in [0.4, 0.5) is 4.39 Å². The average Bonchev–Trinajstić information content (AvgIpc) is 2.24. The molecule has 0 aliphatic heterocycles. The standard InChI is InChI=1S/C13H14FNO2/c1-9-6-11(14)10(7-12(9)17-2)13(15-8-16)4-3-5-13/h6-7H,3-5H2,1-2H3. The lowest BCUT2D eigenvalue weighted by atomic mass is 9.72. The molecule has 1 aliphatic carbocycles. The van der Waals surface area contributed by atoms with Gasteiger partial charge in [-0.15, -0.1) is 0 Å². The van der Waals surface area contributed by atoms with Crippen molar-refractivity contribution in [3.8, 4) is 5.75 Å². The summed E-state index contributed by atoms with van der Waals surface area (Å²) in [4.78, 5) is 14.3. The van der Waals surface area contributed by atoms with Gasteiger partial charge in [0.25, 0.3) is 0 Å². The molecule has 0 N–H and O–H groups in total. The first-order valence-corrected chi connectivity index (χ1v) is 5.56. The van der Waals surface area contributed by atoms with Gasteiger partial charge in [-0.05, 0) is 43.9 Å². The Balaban J connectivity index is 2.54. The Bertz CT molecular complexity index is 488. The first-order valence-electron chi connectivity index (χ1n) is 5.56. The van der Waals surface area contributed by atoms with Crippen LogP contribution in [0.25, 0.3) is 0 Å². The zero-order chi connectivity index (χ0) is 12.5. The smallest absolute Gasteiger partial charge is 0.235 e. The predicted molar refractivity (Wildman–Crippen MR) is 61.3 cm³/mol. The summed E-state index contributed by atoms with van der Waals surface area (Å²) >= 11 is 0. The van der Waals surface area contributed by atoms with E-state index in [0.29, 0.717) is 24.2 Å². The molecule has 0 unspecified atom stereocenters. The van der Waals surface area contributed by atoms with Gasteiger partial charge in [-0.25, -0.2) is 9.18 Å². The molecule has 0 bridgehead atoms. The summed E-state index contributed by atoms with van der Waals surface area (Å²) in [5, 5.41) is 0. The summed E-state index contributed by atoms with van der Waals surface area (Å²) in [6.45, 7) is 1.78. The van der Waals surface area contributed by atoms with Gasteiger partial charge in [0, 0.05) is 5.56 Å². The van der Waals surface area contributed by atoms with E-state index in [-0.39, 0.29) is 5.82 Å². The lowest BCUT2D eigenvalue weighted by Gasteiger charge is -2.37. The van der Waals surface area contributed by atoms with Crippen LogP contribution >= 0.6 is 0 Å². The van der Waals surface area contributed by atoms with E-state index in [1.807, 2.05) is 0 Å². The number of hydrogen-bond acceptors (Lipinski definition) is 3. The van der Waals surface area contributed by atoms with Crippen molar-refractivity contribution in [1.29, 1.82) is 0 Å². The van der Waals surface area contributed by atoms with E-state index in [0.717, 1.165) is 12.0 Å². The first-order chi connectivity index (χ1) is 8.13. The number of carbonyl (C=O) groups excluding carboxylic acids is 1. The minimum absolute atomic E-state index is 0.331. The predicted octanol–water partition coefficient (Wildman–Crippen LogP) is 2.86. The Labute approximate surface area is 99.3 Å². The third-order valence-corrected chi connectivity index (χ3v) is 3.43. The largest absolute Gasteiger partial charge is 0.496 e. The minimum atomic E-state index is -0.715. The van der Waals surface area contributed by atoms with Gasteiger partial charge < -0.3 is 4.74 Å². The highest BCUT2D eigenvalue weighted by atomic mass is 19.1. The monoisotopic (exact) mass is 235 g/mol. The lowest BCUT2D eigenvalue weighted by molar-refractivity contribution is 0.246. The van der Waals surface area contributed by atoms with Crippen LogP contribution in [-0.4, -0.2) is 13.2 Å². The fourth-order valence-corrected chi connectivity index (χ4v) is 2.27.